The van der Waals surface area contributed by atoms with E-state index in [9.17, 15) is 4.79 Å². The van der Waals surface area contributed by atoms with Crippen molar-refractivity contribution >= 4 is 5.78 Å². The summed E-state index contributed by atoms with van der Waals surface area (Å²) < 4.78 is 20.1. The molecule has 1 aromatic carbocycles. The molecule has 0 amide bonds. The van der Waals surface area contributed by atoms with Crippen LogP contribution in [0.2, 0.25) is 0 Å². The highest BCUT2D eigenvalue weighted by Gasteiger charge is 2.06. The normalized spacial score (nSPS) is 10.1. The average Bonchev–Trinajstić information content (AvgIpc) is 2.33. The zero-order valence-electron chi connectivity index (χ0n) is 10.2. The monoisotopic (exact) mass is 240 g/mol. The van der Waals surface area contributed by atoms with Crippen LogP contribution in [0.5, 0.6) is 11.5 Å². The Kier molecular flexibility index (Phi) is 5.45. The lowest BCUT2D eigenvalue weighted by Crippen LogP contribution is -2.03. The summed E-state index contributed by atoms with van der Waals surface area (Å²) in [5.41, 5.74) is 0.518. The molecule has 94 valence electrons. The van der Waals surface area contributed by atoms with Crippen molar-refractivity contribution in [1.29, 1.82) is 0 Å². The van der Waals surface area contributed by atoms with Gasteiger partial charge in [0.15, 0.2) is 19.4 Å². The van der Waals surface area contributed by atoms with Crippen LogP contribution in [0.15, 0.2) is 18.2 Å². The van der Waals surface area contributed by atoms with Crippen LogP contribution < -0.4 is 9.47 Å². The Morgan fingerprint density at radius 3 is 1.82 bits per heavy atom. The van der Waals surface area contributed by atoms with E-state index in [0.717, 1.165) is 0 Å². The molecule has 17 heavy (non-hydrogen) atoms. The fourth-order valence-electron chi connectivity index (χ4n) is 1.20. The lowest BCUT2D eigenvalue weighted by Gasteiger charge is -2.10. The predicted octanol–water partition coefficient (Wildman–Crippen LogP) is 1.85. The minimum atomic E-state index is -0.0601. The van der Waals surface area contributed by atoms with Crippen LogP contribution in [0, 0.1) is 0 Å². The fourth-order valence-corrected chi connectivity index (χ4v) is 1.20. The molecule has 0 spiro atoms. The minimum Gasteiger partial charge on any atom is -0.467 e. The molecule has 0 unspecified atom stereocenters. The van der Waals surface area contributed by atoms with Gasteiger partial charge in [0.1, 0.15) is 11.5 Å². The second-order valence-electron chi connectivity index (χ2n) is 3.35. The number of ketones is 1. The predicted molar refractivity (Wildman–Crippen MR) is 61.5 cm³/mol. The van der Waals surface area contributed by atoms with Gasteiger partial charge >= 0.3 is 0 Å². The maximum Gasteiger partial charge on any atom is 0.188 e. The number of benzene rings is 1. The topological polar surface area (TPSA) is 54.0 Å². The van der Waals surface area contributed by atoms with E-state index in [-0.39, 0.29) is 19.4 Å². The van der Waals surface area contributed by atoms with Crippen molar-refractivity contribution in [2.45, 2.75) is 6.92 Å². The van der Waals surface area contributed by atoms with Crippen LogP contribution >= 0.6 is 0 Å². The number of rotatable bonds is 7. The molecule has 0 atom stereocenters. The van der Waals surface area contributed by atoms with Gasteiger partial charge in [0, 0.05) is 25.8 Å². The highest BCUT2D eigenvalue weighted by atomic mass is 16.7. The Bertz CT molecular complexity index is 349. The summed E-state index contributed by atoms with van der Waals surface area (Å²) in [6.45, 7) is 1.71. The smallest absolute Gasteiger partial charge is 0.188 e. The lowest BCUT2D eigenvalue weighted by atomic mass is 10.1. The first-order chi connectivity index (χ1) is 8.17. The van der Waals surface area contributed by atoms with E-state index in [1.54, 1.807) is 18.2 Å². The van der Waals surface area contributed by atoms with E-state index >= 15 is 0 Å². The van der Waals surface area contributed by atoms with Crippen molar-refractivity contribution in [3.63, 3.8) is 0 Å². The molecule has 1 aromatic rings. The fraction of sp³-hybridized carbons (Fsp3) is 0.417. The van der Waals surface area contributed by atoms with E-state index in [0.29, 0.717) is 17.1 Å². The summed E-state index contributed by atoms with van der Waals surface area (Å²) in [5.74, 6) is 0.978. The van der Waals surface area contributed by atoms with Crippen molar-refractivity contribution in [1.82, 2.24) is 0 Å². The van der Waals surface area contributed by atoms with Crippen molar-refractivity contribution in [2.75, 3.05) is 27.8 Å². The molecule has 0 aliphatic heterocycles. The number of methoxy groups -OCH3 is 2. The molecular formula is C12H16O5. The summed E-state index contributed by atoms with van der Waals surface area (Å²) >= 11 is 0. The van der Waals surface area contributed by atoms with Crippen LogP contribution in [0.3, 0.4) is 0 Å². The molecule has 0 aliphatic rings. The Morgan fingerprint density at radius 1 is 1.00 bits per heavy atom. The molecule has 0 saturated carbocycles. The van der Waals surface area contributed by atoms with Gasteiger partial charge in [-0.05, 0) is 19.1 Å². The van der Waals surface area contributed by atoms with E-state index in [1.165, 1.54) is 21.1 Å². The van der Waals surface area contributed by atoms with Crippen LogP contribution in [0.4, 0.5) is 0 Å². The first kappa shape index (κ1) is 13.5. The van der Waals surface area contributed by atoms with Gasteiger partial charge < -0.3 is 18.9 Å². The van der Waals surface area contributed by atoms with Gasteiger partial charge in [0.2, 0.25) is 0 Å². The van der Waals surface area contributed by atoms with Gasteiger partial charge in [-0.15, -0.1) is 0 Å². The summed E-state index contributed by atoms with van der Waals surface area (Å²) in [5, 5.41) is 0. The maximum absolute atomic E-state index is 11.3. The van der Waals surface area contributed by atoms with E-state index < -0.39 is 0 Å². The number of carbonyl (C=O) groups excluding carboxylic acids is 1. The maximum atomic E-state index is 11.3. The van der Waals surface area contributed by atoms with Crippen molar-refractivity contribution in [2.24, 2.45) is 0 Å². The molecule has 0 heterocycles. The van der Waals surface area contributed by atoms with Gasteiger partial charge in [-0.25, -0.2) is 0 Å². The third-order valence-corrected chi connectivity index (χ3v) is 1.97. The molecule has 0 aromatic heterocycles. The van der Waals surface area contributed by atoms with Crippen LogP contribution in [-0.4, -0.2) is 33.6 Å². The molecule has 5 nitrogen and oxygen atoms in total. The Morgan fingerprint density at radius 2 is 1.47 bits per heavy atom. The lowest BCUT2D eigenvalue weighted by molar-refractivity contribution is 0.0459. The quantitative estimate of drug-likeness (QED) is 0.538. The van der Waals surface area contributed by atoms with Crippen molar-refractivity contribution in [3.05, 3.63) is 23.8 Å². The number of Topliss-reactive ketones (excluding diaryl/α,β-unsaturated/α-hetero) is 1. The third kappa shape index (κ3) is 4.42. The van der Waals surface area contributed by atoms with E-state index in [1.807, 2.05) is 0 Å². The SMILES string of the molecule is COCOc1cc(OCOC)cc(C(C)=O)c1. The zero-order valence-corrected chi connectivity index (χ0v) is 10.2. The molecule has 0 bridgehead atoms. The van der Waals surface area contributed by atoms with Crippen molar-refractivity contribution in [3.8, 4) is 11.5 Å². The zero-order chi connectivity index (χ0) is 12.7. The first-order valence-corrected chi connectivity index (χ1v) is 5.07. The molecule has 0 aliphatic carbocycles. The molecule has 0 fully saturated rings. The molecule has 0 radical (unpaired) electrons. The largest absolute Gasteiger partial charge is 0.467 e. The van der Waals surface area contributed by atoms with Gasteiger partial charge in [-0.2, -0.15) is 0 Å². The molecule has 0 N–H and O–H groups in total. The summed E-state index contributed by atoms with van der Waals surface area (Å²) in [7, 11) is 3.05. The number of hydrogen-bond donors (Lipinski definition) is 0. The molecular weight excluding hydrogens is 224 g/mol. The second kappa shape index (κ2) is 6.88. The van der Waals surface area contributed by atoms with Gasteiger partial charge in [-0.1, -0.05) is 0 Å². The van der Waals surface area contributed by atoms with Gasteiger partial charge in [0.25, 0.3) is 0 Å². The van der Waals surface area contributed by atoms with E-state index in [2.05, 4.69) is 0 Å². The van der Waals surface area contributed by atoms with Gasteiger partial charge in [-0.3, -0.25) is 4.79 Å². The average molecular weight is 240 g/mol. The van der Waals surface area contributed by atoms with Crippen LogP contribution in [0.25, 0.3) is 0 Å². The van der Waals surface area contributed by atoms with Gasteiger partial charge in [0.05, 0.1) is 0 Å². The number of carbonyl (C=O) groups is 1. The summed E-state index contributed by atoms with van der Waals surface area (Å²) in [6.07, 6.45) is 0. The molecule has 5 heteroatoms. The second-order valence-corrected chi connectivity index (χ2v) is 3.35. The van der Waals surface area contributed by atoms with Crippen LogP contribution in [-0.2, 0) is 9.47 Å². The summed E-state index contributed by atoms with van der Waals surface area (Å²) in [4.78, 5) is 11.3. The van der Waals surface area contributed by atoms with Crippen molar-refractivity contribution < 1.29 is 23.7 Å². The highest BCUT2D eigenvalue weighted by molar-refractivity contribution is 5.94. The van der Waals surface area contributed by atoms with E-state index in [4.69, 9.17) is 18.9 Å². The third-order valence-electron chi connectivity index (χ3n) is 1.97. The molecule has 0 saturated heterocycles. The molecule has 1 rings (SSSR count). The minimum absolute atomic E-state index is 0.0601. The summed E-state index contributed by atoms with van der Waals surface area (Å²) in [6, 6.07) is 4.95. The Balaban J connectivity index is 2.88. The Hall–Kier alpha value is -1.59. The number of ether oxygens (including phenoxy) is 4. The first-order valence-electron chi connectivity index (χ1n) is 5.07. The standard InChI is InChI=1S/C12H16O5/c1-9(13)10-4-11(16-7-14-2)6-12(5-10)17-8-15-3/h4-6H,7-8H2,1-3H3. The number of hydrogen-bond acceptors (Lipinski definition) is 5. The van der Waals surface area contributed by atoms with Crippen LogP contribution in [0.1, 0.15) is 17.3 Å². The highest BCUT2D eigenvalue weighted by Crippen LogP contribution is 2.23. The Labute approximate surface area is 100 Å².